The maximum Gasteiger partial charge on any atom is 1.00 e. The van der Waals surface area contributed by atoms with Gasteiger partial charge in [0.2, 0.25) is 0 Å². The van der Waals surface area contributed by atoms with Gasteiger partial charge in [-0.1, -0.05) is 44.2 Å². The van der Waals surface area contributed by atoms with Crippen molar-refractivity contribution in [2.45, 2.75) is 19.8 Å². The third-order valence-corrected chi connectivity index (χ3v) is 1.47. The van der Waals surface area contributed by atoms with Gasteiger partial charge in [0, 0.05) is 0 Å². The first-order chi connectivity index (χ1) is 4.30. The van der Waals surface area contributed by atoms with Crippen molar-refractivity contribution in [3.8, 4) is 0 Å². The molecule has 0 amide bonds. The van der Waals surface area contributed by atoms with E-state index in [9.17, 15) is 0 Å². The summed E-state index contributed by atoms with van der Waals surface area (Å²) in [5.74, 6) is 0.659. The van der Waals surface area contributed by atoms with Gasteiger partial charge in [-0.2, -0.15) is 0 Å². The van der Waals surface area contributed by atoms with E-state index >= 15 is 0 Å². The molecule has 0 aromatic heterocycles. The predicted molar refractivity (Wildman–Crippen MR) is 42.8 cm³/mol. The summed E-state index contributed by atoms with van der Waals surface area (Å²) in [5, 5.41) is 0. The van der Waals surface area contributed by atoms with Crippen LogP contribution in [0.2, 0.25) is 0 Å². The van der Waals surface area contributed by atoms with E-state index < -0.39 is 0 Å². The molecule has 0 heterocycles. The molecule has 0 saturated heterocycles. The second-order valence-corrected chi connectivity index (χ2v) is 2.57. The van der Waals surface area contributed by atoms with Gasteiger partial charge in [0.25, 0.3) is 0 Å². The average Bonchev–Trinajstić information content (AvgIpc) is 1.90. The van der Waals surface area contributed by atoms with Crippen LogP contribution in [0.15, 0.2) is 30.3 Å². The van der Waals surface area contributed by atoms with Crippen molar-refractivity contribution in [1.82, 2.24) is 0 Å². The molecular weight excluding hydrogens is 154 g/mol. The monoisotopic (exact) mass is 168 g/mol. The molecule has 0 saturated carbocycles. The molecule has 1 rings (SSSR count). The molecule has 0 aliphatic heterocycles. The molecular formula is C9H14Na2. The molecule has 0 nitrogen and oxygen atoms in total. The van der Waals surface area contributed by atoms with Crippen molar-refractivity contribution in [3.05, 3.63) is 35.9 Å². The van der Waals surface area contributed by atoms with Crippen molar-refractivity contribution in [2.75, 3.05) is 0 Å². The van der Waals surface area contributed by atoms with Crippen molar-refractivity contribution in [1.29, 1.82) is 0 Å². The molecule has 0 fully saturated rings. The van der Waals surface area contributed by atoms with Crippen LogP contribution in [0.25, 0.3) is 0 Å². The van der Waals surface area contributed by atoms with Crippen LogP contribution in [0.3, 0.4) is 0 Å². The van der Waals surface area contributed by atoms with E-state index in [0.29, 0.717) is 5.92 Å². The molecule has 2 heteroatoms. The van der Waals surface area contributed by atoms with Crippen molar-refractivity contribution < 1.29 is 62.0 Å². The van der Waals surface area contributed by atoms with E-state index in [0.717, 1.165) is 0 Å². The molecule has 0 spiro atoms. The van der Waals surface area contributed by atoms with Gasteiger partial charge >= 0.3 is 59.1 Å². The zero-order valence-corrected chi connectivity index (χ0v) is 12.0. The molecule has 0 N–H and O–H groups in total. The zero-order valence-electron chi connectivity index (χ0n) is 9.96. The van der Waals surface area contributed by atoms with Crippen LogP contribution in [0.5, 0.6) is 0 Å². The second kappa shape index (κ2) is 7.85. The van der Waals surface area contributed by atoms with Gasteiger partial charge in [-0.3, -0.25) is 0 Å². The SMILES string of the molecule is CC(C)c1ccccc1.[H-].[H-].[Na+].[Na+]. The third-order valence-electron chi connectivity index (χ3n) is 1.47. The van der Waals surface area contributed by atoms with Crippen molar-refractivity contribution in [2.24, 2.45) is 0 Å². The summed E-state index contributed by atoms with van der Waals surface area (Å²) in [4.78, 5) is 0. The van der Waals surface area contributed by atoms with Crippen LogP contribution in [-0.4, -0.2) is 0 Å². The maximum absolute atomic E-state index is 2.20. The molecule has 0 aliphatic carbocycles. The Balaban J connectivity index is -0.000000101. The van der Waals surface area contributed by atoms with E-state index in [-0.39, 0.29) is 62.0 Å². The van der Waals surface area contributed by atoms with E-state index in [1.54, 1.807) is 0 Å². The van der Waals surface area contributed by atoms with E-state index in [2.05, 4.69) is 38.1 Å². The van der Waals surface area contributed by atoms with Gasteiger partial charge in [-0.25, -0.2) is 0 Å². The summed E-state index contributed by atoms with van der Waals surface area (Å²) in [6.07, 6.45) is 0. The fourth-order valence-electron chi connectivity index (χ4n) is 0.838. The Bertz CT molecular complexity index is 178. The minimum Gasteiger partial charge on any atom is -1.00 e. The Morgan fingerprint density at radius 1 is 1.00 bits per heavy atom. The largest absolute Gasteiger partial charge is 1.00 e. The Kier molecular flexibility index (Phi) is 10.5. The predicted octanol–water partition coefficient (Wildman–Crippen LogP) is -2.96. The van der Waals surface area contributed by atoms with Gasteiger partial charge in [0.05, 0.1) is 0 Å². The molecule has 0 unspecified atom stereocenters. The van der Waals surface area contributed by atoms with Crippen LogP contribution in [0, 0.1) is 0 Å². The van der Waals surface area contributed by atoms with Crippen LogP contribution in [0.1, 0.15) is 28.2 Å². The summed E-state index contributed by atoms with van der Waals surface area (Å²) in [6.45, 7) is 4.41. The Morgan fingerprint density at radius 2 is 1.45 bits per heavy atom. The third kappa shape index (κ3) is 5.46. The first kappa shape index (κ1) is 14.7. The molecule has 1 aromatic carbocycles. The molecule has 0 atom stereocenters. The maximum atomic E-state index is 2.20. The summed E-state index contributed by atoms with van der Waals surface area (Å²) in [6, 6.07) is 10.5. The standard InChI is InChI=1S/C9H12.2Na.2H/c1-8(2)9-6-4-3-5-7-9;;;;/h3-8H,1-2H3;;;;/q;2*+1;2*-1. The van der Waals surface area contributed by atoms with Gasteiger partial charge in [0.15, 0.2) is 0 Å². The first-order valence-electron chi connectivity index (χ1n) is 3.35. The van der Waals surface area contributed by atoms with Gasteiger partial charge in [-0.05, 0) is 11.5 Å². The van der Waals surface area contributed by atoms with Crippen LogP contribution < -0.4 is 59.1 Å². The van der Waals surface area contributed by atoms with E-state index in [1.807, 2.05) is 6.07 Å². The minimum atomic E-state index is 0. The van der Waals surface area contributed by atoms with Crippen LogP contribution >= 0.6 is 0 Å². The first-order valence-corrected chi connectivity index (χ1v) is 3.35. The number of rotatable bonds is 1. The summed E-state index contributed by atoms with van der Waals surface area (Å²) >= 11 is 0. The zero-order chi connectivity index (χ0) is 6.69. The second-order valence-electron chi connectivity index (χ2n) is 2.57. The molecule has 11 heavy (non-hydrogen) atoms. The topological polar surface area (TPSA) is 0 Å². The van der Waals surface area contributed by atoms with Crippen LogP contribution in [0.4, 0.5) is 0 Å². The fraction of sp³-hybridized carbons (Fsp3) is 0.333. The van der Waals surface area contributed by atoms with Gasteiger partial charge in [-0.15, -0.1) is 0 Å². The normalized spacial score (nSPS) is 8.27. The Hall–Kier alpha value is 1.22. The van der Waals surface area contributed by atoms with Crippen molar-refractivity contribution >= 4 is 0 Å². The molecule has 52 valence electrons. The minimum absolute atomic E-state index is 0. The molecule has 1 aromatic rings. The summed E-state index contributed by atoms with van der Waals surface area (Å²) in [5.41, 5.74) is 1.41. The Labute approximate surface area is 116 Å². The molecule has 0 bridgehead atoms. The number of hydrogen-bond acceptors (Lipinski definition) is 0. The van der Waals surface area contributed by atoms with Crippen molar-refractivity contribution in [3.63, 3.8) is 0 Å². The number of hydrogen-bond donors (Lipinski definition) is 0. The number of benzene rings is 1. The van der Waals surface area contributed by atoms with Gasteiger partial charge < -0.3 is 2.85 Å². The van der Waals surface area contributed by atoms with E-state index in [1.165, 1.54) is 5.56 Å². The van der Waals surface area contributed by atoms with Gasteiger partial charge in [0.1, 0.15) is 0 Å². The summed E-state index contributed by atoms with van der Waals surface area (Å²) in [7, 11) is 0. The average molecular weight is 168 g/mol. The molecule has 0 radical (unpaired) electrons. The Morgan fingerprint density at radius 3 is 1.73 bits per heavy atom. The van der Waals surface area contributed by atoms with Crippen LogP contribution in [-0.2, 0) is 0 Å². The fourth-order valence-corrected chi connectivity index (χ4v) is 0.838. The summed E-state index contributed by atoms with van der Waals surface area (Å²) < 4.78 is 0. The molecule has 0 aliphatic rings. The quantitative estimate of drug-likeness (QED) is 0.393. The van der Waals surface area contributed by atoms with E-state index in [4.69, 9.17) is 0 Å². The smallest absolute Gasteiger partial charge is 1.00 e.